The van der Waals surface area contributed by atoms with E-state index in [4.69, 9.17) is 4.74 Å². The first-order valence-electron chi connectivity index (χ1n) is 7.84. The molecule has 2 heterocycles. The van der Waals surface area contributed by atoms with Gasteiger partial charge in [-0.1, -0.05) is 12.1 Å². The standard InChI is InChI=1S/C17H22N4O2/c1-13-11-16(19-20(13)2)17(22)18-12-14-3-5-15(6-4-14)21-7-9-23-10-8-21/h3-6,11H,7-10,12H2,1-2H3,(H,18,22). The quantitative estimate of drug-likeness (QED) is 0.929. The van der Waals surface area contributed by atoms with E-state index in [0.717, 1.165) is 37.6 Å². The maximum atomic E-state index is 12.1. The summed E-state index contributed by atoms with van der Waals surface area (Å²) in [5.41, 5.74) is 3.69. The van der Waals surface area contributed by atoms with Crippen molar-refractivity contribution < 1.29 is 9.53 Å². The summed E-state index contributed by atoms with van der Waals surface area (Å²) in [6.07, 6.45) is 0. The first-order chi connectivity index (χ1) is 11.1. The highest BCUT2D eigenvalue weighted by Gasteiger charge is 2.12. The van der Waals surface area contributed by atoms with Crippen LogP contribution in [0.25, 0.3) is 0 Å². The van der Waals surface area contributed by atoms with Crippen LogP contribution in [0, 0.1) is 6.92 Å². The van der Waals surface area contributed by atoms with Crippen molar-refractivity contribution in [3.8, 4) is 0 Å². The Hall–Kier alpha value is -2.34. The zero-order valence-corrected chi connectivity index (χ0v) is 13.6. The normalized spacial score (nSPS) is 14.8. The molecule has 0 saturated carbocycles. The molecular weight excluding hydrogens is 292 g/mol. The van der Waals surface area contributed by atoms with E-state index >= 15 is 0 Å². The van der Waals surface area contributed by atoms with Crippen LogP contribution in [0.1, 0.15) is 21.7 Å². The highest BCUT2D eigenvalue weighted by atomic mass is 16.5. The van der Waals surface area contributed by atoms with Crippen LogP contribution in [0.5, 0.6) is 0 Å². The minimum atomic E-state index is -0.147. The Morgan fingerprint density at radius 2 is 1.96 bits per heavy atom. The Morgan fingerprint density at radius 3 is 2.57 bits per heavy atom. The molecule has 0 bridgehead atoms. The number of nitrogens with zero attached hydrogens (tertiary/aromatic N) is 3. The molecule has 23 heavy (non-hydrogen) atoms. The molecule has 0 unspecified atom stereocenters. The van der Waals surface area contributed by atoms with Crippen LogP contribution in [0.2, 0.25) is 0 Å². The molecule has 0 aliphatic carbocycles. The lowest BCUT2D eigenvalue weighted by atomic mass is 10.2. The van der Waals surface area contributed by atoms with Crippen LogP contribution in [0.4, 0.5) is 5.69 Å². The number of carbonyl (C=O) groups is 1. The van der Waals surface area contributed by atoms with Crippen molar-refractivity contribution >= 4 is 11.6 Å². The van der Waals surface area contributed by atoms with Gasteiger partial charge in [0.15, 0.2) is 0 Å². The number of ether oxygens (including phenoxy) is 1. The van der Waals surface area contributed by atoms with E-state index in [1.165, 1.54) is 5.69 Å². The Kier molecular flexibility index (Phi) is 4.62. The predicted octanol–water partition coefficient (Wildman–Crippen LogP) is 1.50. The van der Waals surface area contributed by atoms with Crippen molar-refractivity contribution in [2.45, 2.75) is 13.5 Å². The Morgan fingerprint density at radius 1 is 1.26 bits per heavy atom. The van der Waals surface area contributed by atoms with Crippen molar-refractivity contribution in [2.75, 3.05) is 31.2 Å². The van der Waals surface area contributed by atoms with Crippen LogP contribution in [-0.4, -0.2) is 42.0 Å². The van der Waals surface area contributed by atoms with Crippen LogP contribution in [-0.2, 0) is 18.3 Å². The molecule has 6 heteroatoms. The molecule has 1 N–H and O–H groups in total. The minimum absolute atomic E-state index is 0.147. The fourth-order valence-corrected chi connectivity index (χ4v) is 2.59. The SMILES string of the molecule is Cc1cc(C(=O)NCc2ccc(N3CCOCC3)cc2)nn1C. The molecule has 6 nitrogen and oxygen atoms in total. The number of aryl methyl sites for hydroxylation is 2. The van der Waals surface area contributed by atoms with Gasteiger partial charge in [0.25, 0.3) is 5.91 Å². The molecule has 1 aromatic heterocycles. The maximum Gasteiger partial charge on any atom is 0.272 e. The van der Waals surface area contributed by atoms with Crippen LogP contribution in [0.15, 0.2) is 30.3 Å². The van der Waals surface area contributed by atoms with Crippen molar-refractivity contribution in [1.82, 2.24) is 15.1 Å². The third kappa shape index (κ3) is 3.71. The van der Waals surface area contributed by atoms with Crippen LogP contribution >= 0.6 is 0 Å². The van der Waals surface area contributed by atoms with Gasteiger partial charge in [-0.25, -0.2) is 0 Å². The lowest BCUT2D eigenvalue weighted by molar-refractivity contribution is 0.0945. The summed E-state index contributed by atoms with van der Waals surface area (Å²) in [6, 6.07) is 10.1. The summed E-state index contributed by atoms with van der Waals surface area (Å²) < 4.78 is 7.07. The van der Waals surface area contributed by atoms with Gasteiger partial charge < -0.3 is 15.0 Å². The van der Waals surface area contributed by atoms with Crippen LogP contribution in [0.3, 0.4) is 0 Å². The summed E-state index contributed by atoms with van der Waals surface area (Å²) >= 11 is 0. The third-order valence-electron chi connectivity index (χ3n) is 4.11. The molecule has 0 radical (unpaired) electrons. The number of hydrogen-bond donors (Lipinski definition) is 1. The lowest BCUT2D eigenvalue weighted by Crippen LogP contribution is -2.36. The van der Waals surface area contributed by atoms with Crippen molar-refractivity contribution in [1.29, 1.82) is 0 Å². The Labute approximate surface area is 136 Å². The molecule has 1 aromatic carbocycles. The molecule has 0 spiro atoms. The number of hydrogen-bond acceptors (Lipinski definition) is 4. The number of morpholine rings is 1. The van der Waals surface area contributed by atoms with Gasteiger partial charge in [0.1, 0.15) is 5.69 Å². The second kappa shape index (κ2) is 6.83. The number of anilines is 1. The molecule has 122 valence electrons. The van der Waals surface area contributed by atoms with E-state index in [1.54, 1.807) is 10.7 Å². The van der Waals surface area contributed by atoms with Gasteiger partial charge in [-0.3, -0.25) is 9.48 Å². The van der Waals surface area contributed by atoms with Gasteiger partial charge in [0, 0.05) is 38.1 Å². The van der Waals surface area contributed by atoms with E-state index in [0.29, 0.717) is 12.2 Å². The van der Waals surface area contributed by atoms with Gasteiger partial charge >= 0.3 is 0 Å². The van der Waals surface area contributed by atoms with Crippen molar-refractivity contribution in [2.24, 2.45) is 7.05 Å². The highest BCUT2D eigenvalue weighted by Crippen LogP contribution is 2.16. The predicted molar refractivity (Wildman–Crippen MR) is 88.6 cm³/mol. The summed E-state index contributed by atoms with van der Waals surface area (Å²) in [5.74, 6) is -0.147. The molecule has 1 amide bonds. The first-order valence-corrected chi connectivity index (χ1v) is 7.84. The Bertz CT molecular complexity index is 653. The summed E-state index contributed by atoms with van der Waals surface area (Å²) in [6.45, 7) is 5.83. The van der Waals surface area contributed by atoms with E-state index in [1.807, 2.05) is 14.0 Å². The number of aromatic nitrogens is 2. The molecule has 2 aromatic rings. The number of nitrogens with one attached hydrogen (secondary N) is 1. The molecule has 3 rings (SSSR count). The van der Waals surface area contributed by atoms with Crippen LogP contribution < -0.4 is 10.2 Å². The Balaban J connectivity index is 1.56. The minimum Gasteiger partial charge on any atom is -0.378 e. The van der Waals surface area contributed by atoms with Gasteiger partial charge in [-0.15, -0.1) is 0 Å². The first kappa shape index (κ1) is 15.6. The van der Waals surface area contributed by atoms with E-state index in [2.05, 4.69) is 39.6 Å². The molecular formula is C17H22N4O2. The zero-order valence-electron chi connectivity index (χ0n) is 13.6. The highest BCUT2D eigenvalue weighted by molar-refractivity contribution is 5.92. The topological polar surface area (TPSA) is 59.4 Å². The second-order valence-corrected chi connectivity index (χ2v) is 5.74. The van der Waals surface area contributed by atoms with E-state index in [-0.39, 0.29) is 5.91 Å². The number of benzene rings is 1. The van der Waals surface area contributed by atoms with Gasteiger partial charge in [-0.2, -0.15) is 5.10 Å². The van der Waals surface area contributed by atoms with E-state index in [9.17, 15) is 4.79 Å². The summed E-state index contributed by atoms with van der Waals surface area (Å²) in [4.78, 5) is 14.4. The average Bonchev–Trinajstić information content (AvgIpc) is 2.93. The maximum absolute atomic E-state index is 12.1. The molecule has 1 aliphatic heterocycles. The molecule has 1 fully saturated rings. The van der Waals surface area contributed by atoms with Gasteiger partial charge in [-0.05, 0) is 30.7 Å². The number of rotatable bonds is 4. The van der Waals surface area contributed by atoms with Crippen molar-refractivity contribution in [3.05, 3.63) is 47.3 Å². The lowest BCUT2D eigenvalue weighted by Gasteiger charge is -2.28. The molecule has 0 atom stereocenters. The fourth-order valence-electron chi connectivity index (χ4n) is 2.59. The smallest absolute Gasteiger partial charge is 0.272 e. The second-order valence-electron chi connectivity index (χ2n) is 5.74. The summed E-state index contributed by atoms with van der Waals surface area (Å²) in [5, 5.41) is 7.09. The van der Waals surface area contributed by atoms with E-state index < -0.39 is 0 Å². The number of carbonyl (C=O) groups excluding carboxylic acids is 1. The monoisotopic (exact) mass is 314 g/mol. The zero-order chi connectivity index (χ0) is 16.2. The largest absolute Gasteiger partial charge is 0.378 e. The summed E-state index contributed by atoms with van der Waals surface area (Å²) in [7, 11) is 1.83. The van der Waals surface area contributed by atoms with Gasteiger partial charge in [0.05, 0.1) is 13.2 Å². The fraction of sp³-hybridized carbons (Fsp3) is 0.412. The third-order valence-corrected chi connectivity index (χ3v) is 4.11. The number of amides is 1. The average molecular weight is 314 g/mol. The van der Waals surface area contributed by atoms with Crippen molar-refractivity contribution in [3.63, 3.8) is 0 Å². The van der Waals surface area contributed by atoms with Gasteiger partial charge in [0.2, 0.25) is 0 Å². The molecule has 1 saturated heterocycles. The molecule has 1 aliphatic rings.